The SMILES string of the molecule is CCN(CC)S(=O)(=O)c1scc(N(C)C2=NS(=O)N=C2N(C)[C@@H](c2cc(C(C)(C)C)co2)C(C)C)c1O. The molecule has 0 spiro atoms. The van der Waals surface area contributed by atoms with E-state index in [1.807, 2.05) is 18.0 Å². The molecule has 0 saturated carbocycles. The van der Waals surface area contributed by atoms with E-state index in [0.29, 0.717) is 5.84 Å². The van der Waals surface area contributed by atoms with Crippen molar-refractivity contribution < 1.29 is 22.2 Å². The molecule has 0 radical (unpaired) electrons. The van der Waals surface area contributed by atoms with Crippen LogP contribution in [0.4, 0.5) is 5.69 Å². The van der Waals surface area contributed by atoms with Crippen LogP contribution in [-0.4, -0.2) is 65.8 Å². The predicted octanol–water partition coefficient (Wildman–Crippen LogP) is 4.53. The van der Waals surface area contributed by atoms with Crippen LogP contribution in [0.2, 0.25) is 0 Å². The molecule has 13 heteroatoms. The van der Waals surface area contributed by atoms with Crippen molar-refractivity contribution in [1.29, 1.82) is 0 Å². The van der Waals surface area contributed by atoms with E-state index in [4.69, 9.17) is 4.42 Å². The highest BCUT2D eigenvalue weighted by Crippen LogP contribution is 2.42. The molecule has 0 aromatic carbocycles. The number of sulfonamides is 1. The first-order valence-electron chi connectivity index (χ1n) is 12.1. The lowest BCUT2D eigenvalue weighted by molar-refractivity contribution is 0.252. The van der Waals surface area contributed by atoms with Crippen LogP contribution < -0.4 is 4.90 Å². The van der Waals surface area contributed by atoms with E-state index < -0.39 is 21.2 Å². The summed E-state index contributed by atoms with van der Waals surface area (Å²) >= 11 is -0.931. The minimum absolute atomic E-state index is 0.0826. The summed E-state index contributed by atoms with van der Waals surface area (Å²) < 4.78 is 54.1. The summed E-state index contributed by atoms with van der Waals surface area (Å²) in [5.74, 6) is 1.09. The smallest absolute Gasteiger partial charge is 0.269 e. The Kier molecular flexibility index (Phi) is 8.62. The lowest BCUT2D eigenvalue weighted by atomic mass is 9.88. The van der Waals surface area contributed by atoms with Gasteiger partial charge in [-0.15, -0.1) is 20.1 Å². The minimum atomic E-state index is -3.86. The first kappa shape index (κ1) is 29.3. The Morgan fingerprint density at radius 3 is 2.24 bits per heavy atom. The number of rotatable bonds is 8. The van der Waals surface area contributed by atoms with Gasteiger partial charge in [-0.2, -0.15) is 4.31 Å². The van der Waals surface area contributed by atoms with Gasteiger partial charge < -0.3 is 19.3 Å². The normalized spacial score (nSPS) is 17.3. The molecule has 206 valence electrons. The van der Waals surface area contributed by atoms with Gasteiger partial charge in [0.1, 0.15) is 5.76 Å². The largest absolute Gasteiger partial charge is 0.504 e. The van der Waals surface area contributed by atoms with Crippen molar-refractivity contribution >= 4 is 49.9 Å². The Bertz CT molecular complexity index is 1320. The van der Waals surface area contributed by atoms with E-state index >= 15 is 0 Å². The van der Waals surface area contributed by atoms with E-state index in [0.717, 1.165) is 22.7 Å². The van der Waals surface area contributed by atoms with Gasteiger partial charge in [0.15, 0.2) is 21.6 Å². The number of anilines is 1. The number of thiophene rings is 1. The molecule has 3 heterocycles. The number of nitrogens with zero attached hydrogens (tertiary/aromatic N) is 5. The number of likely N-dealkylation sites (N-methyl/N-ethyl adjacent to an activating group) is 2. The van der Waals surface area contributed by atoms with Crippen molar-refractivity contribution in [1.82, 2.24) is 9.21 Å². The molecule has 1 N–H and O–H groups in total. The van der Waals surface area contributed by atoms with Gasteiger partial charge in [-0.3, -0.25) is 0 Å². The standard InChI is InChI=1S/C24H37N5O5S3/c1-10-29(11-2)37(32,33)23-20(30)17(14-35-23)27(8)21-22(26-36(31)25-21)28(9)19(15(3)4)18-12-16(13-34-18)24(5,6)7/h12-15,19,30H,10-11H2,1-9H3/t19-,36?/m1/s1. The maximum Gasteiger partial charge on any atom is 0.269 e. The van der Waals surface area contributed by atoms with Crippen LogP contribution in [0.25, 0.3) is 0 Å². The van der Waals surface area contributed by atoms with Gasteiger partial charge in [-0.05, 0) is 23.0 Å². The van der Waals surface area contributed by atoms with Gasteiger partial charge in [-0.25, -0.2) is 12.6 Å². The second-order valence-electron chi connectivity index (χ2n) is 10.3. The molecule has 37 heavy (non-hydrogen) atoms. The van der Waals surface area contributed by atoms with Crippen molar-refractivity contribution in [3.8, 4) is 5.75 Å². The monoisotopic (exact) mass is 571 g/mol. The zero-order chi connectivity index (χ0) is 27.9. The average Bonchev–Trinajstić information content (AvgIpc) is 3.52. The van der Waals surface area contributed by atoms with Crippen LogP contribution in [0, 0.1) is 5.92 Å². The maximum atomic E-state index is 13.0. The Labute approximate surface area is 226 Å². The molecule has 2 atom stereocenters. The fourth-order valence-electron chi connectivity index (χ4n) is 4.22. The molecule has 0 fully saturated rings. The minimum Gasteiger partial charge on any atom is -0.504 e. The summed E-state index contributed by atoms with van der Waals surface area (Å²) in [4.78, 5) is 3.39. The third-order valence-corrected chi connectivity index (χ3v) is 10.5. The first-order chi connectivity index (χ1) is 17.1. The Morgan fingerprint density at radius 2 is 1.73 bits per heavy atom. The van der Waals surface area contributed by atoms with Crippen LogP contribution in [0.15, 0.2) is 35.1 Å². The van der Waals surface area contributed by atoms with Crippen LogP contribution in [0.1, 0.15) is 65.8 Å². The van der Waals surface area contributed by atoms with E-state index in [1.54, 1.807) is 32.5 Å². The molecule has 10 nitrogen and oxygen atoms in total. The summed E-state index contributed by atoms with van der Waals surface area (Å²) in [5, 5.41) is 12.5. The summed E-state index contributed by atoms with van der Waals surface area (Å²) in [7, 11) is -0.391. The van der Waals surface area contributed by atoms with E-state index in [-0.39, 0.29) is 51.9 Å². The second kappa shape index (κ2) is 10.9. The fourth-order valence-corrected chi connectivity index (χ4v) is 7.89. The number of furan rings is 1. The molecule has 0 amide bonds. The zero-order valence-electron chi connectivity index (χ0n) is 22.8. The molecule has 1 aliphatic rings. The molecule has 2 aromatic heterocycles. The van der Waals surface area contributed by atoms with Gasteiger partial charge in [0.2, 0.25) is 0 Å². The topological polar surface area (TPSA) is 119 Å². The lowest BCUT2D eigenvalue weighted by Gasteiger charge is -2.33. The molecular formula is C24H37N5O5S3. The van der Waals surface area contributed by atoms with E-state index in [9.17, 15) is 17.7 Å². The van der Waals surface area contributed by atoms with Gasteiger partial charge >= 0.3 is 0 Å². The maximum absolute atomic E-state index is 13.0. The highest BCUT2D eigenvalue weighted by atomic mass is 32.2. The van der Waals surface area contributed by atoms with E-state index in [1.165, 1.54) is 9.21 Å². The average molecular weight is 572 g/mol. The van der Waals surface area contributed by atoms with Gasteiger partial charge in [-0.1, -0.05) is 48.5 Å². The number of amidine groups is 2. The summed E-state index contributed by atoms with van der Waals surface area (Å²) in [6.07, 6.45) is 1.76. The third-order valence-electron chi connectivity index (χ3n) is 6.36. The summed E-state index contributed by atoms with van der Waals surface area (Å²) in [5.41, 5.74) is 1.22. The zero-order valence-corrected chi connectivity index (χ0v) is 25.3. The summed E-state index contributed by atoms with van der Waals surface area (Å²) in [6, 6.07) is 1.79. The van der Waals surface area contributed by atoms with Gasteiger partial charge in [0.05, 0.1) is 18.0 Å². The lowest BCUT2D eigenvalue weighted by Crippen LogP contribution is -2.43. The van der Waals surface area contributed by atoms with E-state index in [2.05, 4.69) is 43.4 Å². The molecule has 0 bridgehead atoms. The van der Waals surface area contributed by atoms with Crippen LogP contribution in [0.3, 0.4) is 0 Å². The number of aromatic hydroxyl groups is 1. The summed E-state index contributed by atoms with van der Waals surface area (Å²) in [6.45, 7) is 14.5. The molecule has 2 aromatic rings. The molecule has 1 unspecified atom stereocenters. The Balaban J connectivity index is 1.98. The van der Waals surface area contributed by atoms with Gasteiger partial charge in [0.25, 0.3) is 21.2 Å². The second-order valence-corrected chi connectivity index (χ2v) is 14.1. The molecule has 0 aliphatic carbocycles. The molecular weight excluding hydrogens is 534 g/mol. The highest BCUT2D eigenvalue weighted by Gasteiger charge is 2.36. The first-order valence-corrected chi connectivity index (χ1v) is 15.5. The molecule has 0 saturated heterocycles. The van der Waals surface area contributed by atoms with Crippen LogP contribution >= 0.6 is 11.3 Å². The Morgan fingerprint density at radius 1 is 1.14 bits per heavy atom. The third kappa shape index (κ3) is 5.64. The van der Waals surface area contributed by atoms with Gasteiger partial charge in [0, 0.05) is 32.6 Å². The Hall–Kier alpha value is -2.22. The quantitative estimate of drug-likeness (QED) is 0.494. The number of hydrogen-bond donors (Lipinski definition) is 1. The predicted molar refractivity (Wildman–Crippen MR) is 150 cm³/mol. The fraction of sp³-hybridized carbons (Fsp3) is 0.583. The molecule has 3 rings (SSSR count). The van der Waals surface area contributed by atoms with Crippen LogP contribution in [-0.2, 0) is 26.6 Å². The van der Waals surface area contributed by atoms with Crippen molar-refractivity contribution in [2.75, 3.05) is 32.1 Å². The number of hydrogen-bond acceptors (Lipinski definition) is 8. The van der Waals surface area contributed by atoms with Crippen LogP contribution in [0.5, 0.6) is 5.75 Å². The van der Waals surface area contributed by atoms with Crippen molar-refractivity contribution in [3.05, 3.63) is 29.0 Å². The highest BCUT2D eigenvalue weighted by molar-refractivity contribution is 7.91. The van der Waals surface area contributed by atoms with Crippen molar-refractivity contribution in [3.63, 3.8) is 0 Å². The van der Waals surface area contributed by atoms with Crippen molar-refractivity contribution in [2.45, 2.75) is 64.1 Å². The van der Waals surface area contributed by atoms with Crippen molar-refractivity contribution in [2.24, 2.45) is 14.7 Å². The molecule has 1 aliphatic heterocycles.